The van der Waals surface area contributed by atoms with Gasteiger partial charge >= 0.3 is 6.03 Å². The van der Waals surface area contributed by atoms with E-state index >= 15 is 0 Å². The topological polar surface area (TPSA) is 67.9 Å². The number of imide groups is 1. The summed E-state index contributed by atoms with van der Waals surface area (Å²) in [5, 5.41) is 2.88. The van der Waals surface area contributed by atoms with E-state index in [1.165, 1.54) is 4.90 Å². The Labute approximate surface area is 145 Å². The van der Waals surface area contributed by atoms with Gasteiger partial charge in [0.25, 0.3) is 5.91 Å². The highest BCUT2D eigenvalue weighted by molar-refractivity contribution is 6.07. The zero-order valence-corrected chi connectivity index (χ0v) is 13.6. The number of rotatable bonds is 4. The van der Waals surface area contributed by atoms with Crippen LogP contribution in [0.3, 0.4) is 0 Å². The van der Waals surface area contributed by atoms with E-state index in [0.29, 0.717) is 30.1 Å². The zero-order valence-electron chi connectivity index (χ0n) is 13.6. The van der Waals surface area contributed by atoms with E-state index < -0.39 is 11.6 Å². The Hall–Kier alpha value is -3.02. The maximum Gasteiger partial charge on any atom is 0.325 e. The van der Waals surface area contributed by atoms with E-state index in [2.05, 4.69) is 5.32 Å². The van der Waals surface area contributed by atoms with Gasteiger partial charge in [-0.2, -0.15) is 0 Å². The molecule has 2 aliphatic rings. The van der Waals surface area contributed by atoms with Crippen LogP contribution in [0.2, 0.25) is 0 Å². The molecule has 0 aliphatic carbocycles. The number of ether oxygens (including phenoxy) is 2. The van der Waals surface area contributed by atoms with Gasteiger partial charge in [-0.15, -0.1) is 0 Å². The fraction of sp³-hybridized carbons (Fsp3) is 0.263. The number of urea groups is 1. The predicted octanol–water partition coefficient (Wildman–Crippen LogP) is 2.30. The van der Waals surface area contributed by atoms with Gasteiger partial charge in [-0.3, -0.25) is 9.69 Å². The molecule has 6 heteroatoms. The van der Waals surface area contributed by atoms with E-state index in [0.717, 1.165) is 0 Å². The van der Waals surface area contributed by atoms with Crippen molar-refractivity contribution in [3.8, 4) is 11.5 Å². The van der Waals surface area contributed by atoms with Crippen molar-refractivity contribution in [3.63, 3.8) is 0 Å². The van der Waals surface area contributed by atoms with Crippen LogP contribution in [0.25, 0.3) is 0 Å². The third kappa shape index (κ3) is 2.59. The van der Waals surface area contributed by atoms with Crippen molar-refractivity contribution >= 4 is 11.9 Å². The Kier molecular flexibility index (Phi) is 3.80. The van der Waals surface area contributed by atoms with Crippen LogP contribution in [-0.2, 0) is 10.3 Å². The lowest BCUT2D eigenvalue weighted by atomic mass is 9.84. The average Bonchev–Trinajstić information content (AvgIpc) is 2.88. The second-order valence-electron chi connectivity index (χ2n) is 6.05. The Morgan fingerprint density at radius 3 is 2.68 bits per heavy atom. The van der Waals surface area contributed by atoms with E-state index in [9.17, 15) is 9.59 Å². The van der Waals surface area contributed by atoms with Gasteiger partial charge in [-0.1, -0.05) is 36.4 Å². The fourth-order valence-corrected chi connectivity index (χ4v) is 3.35. The molecule has 4 rings (SSSR count). The summed E-state index contributed by atoms with van der Waals surface area (Å²) in [7, 11) is 0. The fourth-order valence-electron chi connectivity index (χ4n) is 3.35. The molecule has 6 nitrogen and oxygen atoms in total. The Balaban J connectivity index is 1.51. The van der Waals surface area contributed by atoms with Crippen LogP contribution >= 0.6 is 0 Å². The molecule has 0 unspecified atom stereocenters. The maximum atomic E-state index is 13.0. The number of benzene rings is 2. The lowest BCUT2D eigenvalue weighted by molar-refractivity contribution is -0.132. The number of hydrogen-bond donors (Lipinski definition) is 1. The summed E-state index contributed by atoms with van der Waals surface area (Å²) in [6.07, 6.45) is 0.421. The zero-order chi connectivity index (χ0) is 17.3. The lowest BCUT2D eigenvalue weighted by Gasteiger charge is -2.33. The smallest absolute Gasteiger partial charge is 0.325 e. The van der Waals surface area contributed by atoms with Gasteiger partial charge in [0, 0.05) is 12.0 Å². The molecule has 1 fully saturated rings. The number of fused-ring (bicyclic) bond motifs is 2. The van der Waals surface area contributed by atoms with E-state index in [1.54, 1.807) is 0 Å². The molecule has 3 amide bonds. The quantitative estimate of drug-likeness (QED) is 0.869. The molecule has 0 radical (unpaired) electrons. The number of amides is 3. The minimum atomic E-state index is -1.03. The Morgan fingerprint density at radius 2 is 1.84 bits per heavy atom. The summed E-state index contributed by atoms with van der Waals surface area (Å²) < 4.78 is 11.2. The van der Waals surface area contributed by atoms with Crippen molar-refractivity contribution in [3.05, 3.63) is 60.2 Å². The molecule has 2 aromatic carbocycles. The van der Waals surface area contributed by atoms with Crippen LogP contribution in [-0.4, -0.2) is 36.6 Å². The first-order chi connectivity index (χ1) is 12.2. The van der Waals surface area contributed by atoms with Crippen LogP contribution in [0.5, 0.6) is 11.5 Å². The molecule has 0 bridgehead atoms. The SMILES string of the molecule is O=C1N[C@@]2(CCOc3ccccc32)C(=O)N1CCOc1ccccc1. The van der Waals surface area contributed by atoms with E-state index in [4.69, 9.17) is 9.47 Å². The van der Waals surface area contributed by atoms with Crippen molar-refractivity contribution in [2.24, 2.45) is 0 Å². The molecule has 1 atom stereocenters. The summed E-state index contributed by atoms with van der Waals surface area (Å²) in [6, 6.07) is 16.3. The standard InChI is InChI=1S/C19H18N2O4/c22-17-19(10-12-25-16-9-5-4-8-15(16)19)20-18(23)21(17)11-13-24-14-6-2-1-3-7-14/h1-9H,10-13H2,(H,20,23)/t19-/m1/s1. The van der Waals surface area contributed by atoms with Gasteiger partial charge in [-0.05, 0) is 18.2 Å². The molecular formula is C19H18N2O4. The molecule has 128 valence electrons. The molecule has 2 aliphatic heterocycles. The first kappa shape index (κ1) is 15.5. The third-order valence-corrected chi connectivity index (χ3v) is 4.58. The van der Waals surface area contributed by atoms with Gasteiger partial charge in [0.1, 0.15) is 18.1 Å². The summed E-state index contributed by atoms with van der Waals surface area (Å²) in [5.41, 5.74) is -0.315. The Bertz CT molecular complexity index is 808. The highest BCUT2D eigenvalue weighted by atomic mass is 16.5. The van der Waals surface area contributed by atoms with Crippen molar-refractivity contribution in [1.82, 2.24) is 10.2 Å². The normalized spacial score (nSPS) is 21.7. The van der Waals surface area contributed by atoms with Crippen molar-refractivity contribution in [1.29, 1.82) is 0 Å². The van der Waals surface area contributed by atoms with Crippen LogP contribution in [0.15, 0.2) is 54.6 Å². The minimum absolute atomic E-state index is 0.199. The Morgan fingerprint density at radius 1 is 1.08 bits per heavy atom. The molecule has 25 heavy (non-hydrogen) atoms. The molecule has 1 saturated heterocycles. The highest BCUT2D eigenvalue weighted by Gasteiger charge is 2.54. The first-order valence-corrected chi connectivity index (χ1v) is 8.25. The number of para-hydroxylation sites is 2. The van der Waals surface area contributed by atoms with Gasteiger partial charge in [0.05, 0.1) is 13.2 Å². The summed E-state index contributed by atoms with van der Waals surface area (Å²) in [6.45, 7) is 0.832. The number of carbonyl (C=O) groups is 2. The van der Waals surface area contributed by atoms with Gasteiger partial charge in [-0.25, -0.2) is 4.79 Å². The molecule has 2 heterocycles. The molecule has 0 saturated carbocycles. The number of hydrogen-bond acceptors (Lipinski definition) is 4. The van der Waals surface area contributed by atoms with Gasteiger partial charge < -0.3 is 14.8 Å². The summed E-state index contributed by atoms with van der Waals surface area (Å²) >= 11 is 0. The van der Waals surface area contributed by atoms with Crippen molar-refractivity contribution in [2.75, 3.05) is 19.8 Å². The molecule has 1 N–H and O–H groups in total. The van der Waals surface area contributed by atoms with Gasteiger partial charge in [0.15, 0.2) is 5.54 Å². The van der Waals surface area contributed by atoms with Gasteiger partial charge in [0.2, 0.25) is 0 Å². The van der Waals surface area contributed by atoms with E-state index in [-0.39, 0.29) is 19.1 Å². The molecule has 1 spiro atoms. The van der Waals surface area contributed by atoms with Crippen molar-refractivity contribution < 1.29 is 19.1 Å². The highest BCUT2D eigenvalue weighted by Crippen LogP contribution is 2.40. The second-order valence-corrected chi connectivity index (χ2v) is 6.05. The summed E-state index contributed by atoms with van der Waals surface area (Å²) in [5.74, 6) is 1.11. The molecular weight excluding hydrogens is 320 g/mol. The first-order valence-electron chi connectivity index (χ1n) is 8.25. The van der Waals surface area contributed by atoms with E-state index in [1.807, 2.05) is 54.6 Å². The van der Waals surface area contributed by atoms with Crippen LogP contribution in [0.1, 0.15) is 12.0 Å². The summed E-state index contributed by atoms with van der Waals surface area (Å²) in [4.78, 5) is 26.7. The number of nitrogens with zero attached hydrogens (tertiary/aromatic N) is 1. The maximum absolute atomic E-state index is 13.0. The monoisotopic (exact) mass is 338 g/mol. The van der Waals surface area contributed by atoms with Crippen LogP contribution in [0, 0.1) is 0 Å². The molecule has 0 aromatic heterocycles. The predicted molar refractivity (Wildman–Crippen MR) is 90.4 cm³/mol. The third-order valence-electron chi connectivity index (χ3n) is 4.58. The lowest BCUT2D eigenvalue weighted by Crippen LogP contribution is -2.47. The number of carbonyl (C=O) groups excluding carboxylic acids is 2. The second kappa shape index (κ2) is 6.12. The average molecular weight is 338 g/mol. The van der Waals surface area contributed by atoms with Crippen LogP contribution in [0.4, 0.5) is 4.79 Å². The molecule has 2 aromatic rings. The minimum Gasteiger partial charge on any atom is -0.493 e. The van der Waals surface area contributed by atoms with Crippen LogP contribution < -0.4 is 14.8 Å². The largest absolute Gasteiger partial charge is 0.493 e. The van der Waals surface area contributed by atoms with Crippen molar-refractivity contribution in [2.45, 2.75) is 12.0 Å². The number of nitrogens with one attached hydrogen (secondary N) is 1.